The van der Waals surface area contributed by atoms with E-state index in [0.29, 0.717) is 5.69 Å². The molecule has 1 aromatic carbocycles. The summed E-state index contributed by atoms with van der Waals surface area (Å²) in [5.74, 6) is 0. The van der Waals surface area contributed by atoms with Crippen LogP contribution in [-0.4, -0.2) is 14.9 Å². The number of hydrogen-bond donors (Lipinski definition) is 2. The van der Waals surface area contributed by atoms with Crippen molar-refractivity contribution in [3.8, 4) is 0 Å². The Morgan fingerprint density at radius 1 is 1.31 bits per heavy atom. The van der Waals surface area contributed by atoms with E-state index in [1.807, 2.05) is 25.1 Å². The third kappa shape index (κ3) is 1.92. The van der Waals surface area contributed by atoms with Crippen LogP contribution in [0.2, 0.25) is 0 Å². The Balaban J connectivity index is 2.31. The third-order valence-corrected chi connectivity index (χ3v) is 2.58. The first kappa shape index (κ1) is 10.7. The van der Waals surface area contributed by atoms with Gasteiger partial charge in [0.25, 0.3) is 0 Å². The Morgan fingerprint density at radius 3 is 2.62 bits per heavy atom. The molecule has 0 radical (unpaired) electrons. The summed E-state index contributed by atoms with van der Waals surface area (Å²) >= 11 is 0. The molecule has 0 saturated heterocycles. The fourth-order valence-electron chi connectivity index (χ4n) is 1.69. The lowest BCUT2D eigenvalue weighted by Crippen LogP contribution is -2.09. The number of aromatic nitrogens is 2. The molecule has 1 unspecified atom stereocenters. The fraction of sp³-hybridized carbons (Fsp3) is 0.250. The Hall–Kier alpha value is -1.81. The number of aliphatic hydroxyl groups is 1. The average Bonchev–Trinajstić information content (AvgIpc) is 2.77. The first-order valence-corrected chi connectivity index (χ1v) is 5.27. The average molecular weight is 217 g/mol. The topological polar surface area (TPSA) is 64.1 Å². The van der Waals surface area contributed by atoms with Gasteiger partial charge in [-0.15, -0.1) is 0 Å². The first-order chi connectivity index (χ1) is 7.72. The van der Waals surface area contributed by atoms with Crippen molar-refractivity contribution < 1.29 is 5.11 Å². The fourth-order valence-corrected chi connectivity index (χ4v) is 1.69. The molecule has 84 valence electrons. The lowest BCUT2D eigenvalue weighted by molar-refractivity contribution is 0.208. The molecule has 1 heterocycles. The molecule has 0 bridgehead atoms. The van der Waals surface area contributed by atoms with Crippen LogP contribution in [0.15, 0.2) is 36.5 Å². The van der Waals surface area contributed by atoms with Crippen LogP contribution >= 0.6 is 0 Å². The summed E-state index contributed by atoms with van der Waals surface area (Å²) in [4.78, 5) is 0. The maximum Gasteiger partial charge on any atom is 0.121 e. The zero-order chi connectivity index (χ0) is 11.5. The molecule has 16 heavy (non-hydrogen) atoms. The van der Waals surface area contributed by atoms with Crippen LogP contribution in [0.25, 0.3) is 0 Å². The zero-order valence-electron chi connectivity index (χ0n) is 9.17. The summed E-state index contributed by atoms with van der Waals surface area (Å²) in [6, 6.07) is 9.04. The maximum absolute atomic E-state index is 10.2. The van der Waals surface area contributed by atoms with Gasteiger partial charge >= 0.3 is 0 Å². The maximum atomic E-state index is 10.2. The highest BCUT2D eigenvalue weighted by Crippen LogP contribution is 2.22. The van der Waals surface area contributed by atoms with E-state index in [4.69, 9.17) is 5.73 Å². The van der Waals surface area contributed by atoms with Gasteiger partial charge in [-0.1, -0.05) is 12.1 Å². The standard InChI is InChI=1S/C12H15N3O/c1-2-15-11(7-8-14-15)12(16)9-3-5-10(13)6-4-9/h3-8,12,16H,2,13H2,1H3. The van der Waals surface area contributed by atoms with Crippen LogP contribution in [0.5, 0.6) is 0 Å². The molecular formula is C12H15N3O. The van der Waals surface area contributed by atoms with Gasteiger partial charge in [-0.3, -0.25) is 4.68 Å². The Bertz CT molecular complexity index is 461. The molecule has 0 amide bonds. The van der Waals surface area contributed by atoms with Gasteiger partial charge in [0.05, 0.1) is 5.69 Å². The minimum atomic E-state index is -0.650. The Kier molecular flexibility index (Phi) is 2.92. The van der Waals surface area contributed by atoms with Crippen molar-refractivity contribution in [2.75, 3.05) is 5.73 Å². The van der Waals surface area contributed by atoms with E-state index in [9.17, 15) is 5.11 Å². The van der Waals surface area contributed by atoms with Crippen molar-refractivity contribution in [1.29, 1.82) is 0 Å². The van der Waals surface area contributed by atoms with Crippen LogP contribution in [0.4, 0.5) is 5.69 Å². The SMILES string of the molecule is CCn1nccc1C(O)c1ccc(N)cc1. The number of aliphatic hydroxyl groups excluding tert-OH is 1. The minimum Gasteiger partial charge on any atom is -0.399 e. The van der Waals surface area contributed by atoms with Gasteiger partial charge < -0.3 is 10.8 Å². The molecule has 0 spiro atoms. The van der Waals surface area contributed by atoms with E-state index >= 15 is 0 Å². The quantitative estimate of drug-likeness (QED) is 0.767. The van der Waals surface area contributed by atoms with Crippen molar-refractivity contribution in [3.05, 3.63) is 47.8 Å². The number of rotatable bonds is 3. The molecule has 0 aliphatic heterocycles. The summed E-state index contributed by atoms with van der Waals surface area (Å²) < 4.78 is 1.78. The van der Waals surface area contributed by atoms with E-state index in [2.05, 4.69) is 5.10 Å². The van der Waals surface area contributed by atoms with Crippen LogP contribution in [0.1, 0.15) is 24.3 Å². The third-order valence-electron chi connectivity index (χ3n) is 2.58. The first-order valence-electron chi connectivity index (χ1n) is 5.27. The summed E-state index contributed by atoms with van der Waals surface area (Å²) in [7, 11) is 0. The van der Waals surface area contributed by atoms with Gasteiger partial charge in [0.1, 0.15) is 6.10 Å². The molecule has 1 aromatic heterocycles. The number of nitrogens with zero attached hydrogens (tertiary/aromatic N) is 2. The van der Waals surface area contributed by atoms with Crippen molar-refractivity contribution >= 4 is 5.69 Å². The molecule has 0 aliphatic carbocycles. The van der Waals surface area contributed by atoms with Gasteiger partial charge in [-0.05, 0) is 30.7 Å². The van der Waals surface area contributed by atoms with E-state index in [1.54, 1.807) is 23.0 Å². The minimum absolute atomic E-state index is 0.650. The number of anilines is 1. The van der Waals surface area contributed by atoms with Crippen LogP contribution in [-0.2, 0) is 6.54 Å². The second kappa shape index (κ2) is 4.37. The Morgan fingerprint density at radius 2 is 2.00 bits per heavy atom. The Labute approximate surface area is 94.3 Å². The normalized spacial score (nSPS) is 12.6. The summed E-state index contributed by atoms with van der Waals surface area (Å²) in [5.41, 5.74) is 7.92. The predicted molar refractivity (Wildman–Crippen MR) is 62.8 cm³/mol. The molecule has 4 heteroatoms. The van der Waals surface area contributed by atoms with Crippen LogP contribution in [0, 0.1) is 0 Å². The van der Waals surface area contributed by atoms with E-state index in [-0.39, 0.29) is 0 Å². The summed E-state index contributed by atoms with van der Waals surface area (Å²) in [5, 5.41) is 14.3. The zero-order valence-corrected chi connectivity index (χ0v) is 9.17. The number of nitrogens with two attached hydrogens (primary N) is 1. The van der Waals surface area contributed by atoms with Gasteiger partial charge in [0.2, 0.25) is 0 Å². The van der Waals surface area contributed by atoms with Crippen LogP contribution in [0.3, 0.4) is 0 Å². The van der Waals surface area contributed by atoms with Crippen molar-refractivity contribution in [2.45, 2.75) is 19.6 Å². The molecule has 4 nitrogen and oxygen atoms in total. The summed E-state index contributed by atoms with van der Waals surface area (Å²) in [6.07, 6.45) is 1.04. The number of aryl methyl sites for hydroxylation is 1. The second-order valence-corrected chi connectivity index (χ2v) is 3.64. The van der Waals surface area contributed by atoms with E-state index < -0.39 is 6.10 Å². The highest BCUT2D eigenvalue weighted by molar-refractivity contribution is 5.41. The molecular weight excluding hydrogens is 202 g/mol. The molecule has 0 saturated carbocycles. The molecule has 1 atom stereocenters. The van der Waals surface area contributed by atoms with Crippen LogP contribution < -0.4 is 5.73 Å². The number of hydrogen-bond acceptors (Lipinski definition) is 3. The van der Waals surface area contributed by atoms with Gasteiger partial charge in [0.15, 0.2) is 0 Å². The monoisotopic (exact) mass is 217 g/mol. The molecule has 0 fully saturated rings. The molecule has 2 rings (SSSR count). The van der Waals surface area contributed by atoms with Crippen molar-refractivity contribution in [2.24, 2.45) is 0 Å². The lowest BCUT2D eigenvalue weighted by Gasteiger charge is -2.12. The largest absolute Gasteiger partial charge is 0.399 e. The van der Waals surface area contributed by atoms with E-state index in [1.165, 1.54) is 0 Å². The predicted octanol–water partition coefficient (Wildman–Crippen LogP) is 1.57. The highest BCUT2D eigenvalue weighted by atomic mass is 16.3. The van der Waals surface area contributed by atoms with Gasteiger partial charge in [-0.25, -0.2) is 0 Å². The van der Waals surface area contributed by atoms with Gasteiger partial charge in [-0.2, -0.15) is 5.10 Å². The van der Waals surface area contributed by atoms with E-state index in [0.717, 1.165) is 17.8 Å². The number of benzene rings is 1. The summed E-state index contributed by atoms with van der Waals surface area (Å²) in [6.45, 7) is 2.74. The highest BCUT2D eigenvalue weighted by Gasteiger charge is 2.14. The number of nitrogen functional groups attached to an aromatic ring is 1. The lowest BCUT2D eigenvalue weighted by atomic mass is 10.1. The second-order valence-electron chi connectivity index (χ2n) is 3.64. The van der Waals surface area contributed by atoms with Crippen molar-refractivity contribution in [1.82, 2.24) is 9.78 Å². The smallest absolute Gasteiger partial charge is 0.121 e. The van der Waals surface area contributed by atoms with Gasteiger partial charge in [0, 0.05) is 18.4 Å². The molecule has 0 aliphatic rings. The van der Waals surface area contributed by atoms with Crippen molar-refractivity contribution in [3.63, 3.8) is 0 Å². The molecule has 2 aromatic rings. The molecule has 3 N–H and O–H groups in total.